The molecule has 1 aromatic rings. The average molecular weight is 225 g/mol. The van der Waals surface area contributed by atoms with Gasteiger partial charge in [-0.1, -0.05) is 12.1 Å². The number of hydrogen-bond acceptors (Lipinski definition) is 4. The number of aliphatic hydroxyl groups excluding tert-OH is 1. The summed E-state index contributed by atoms with van der Waals surface area (Å²) < 4.78 is 9.96. The first kappa shape index (κ1) is 12.5. The lowest BCUT2D eigenvalue weighted by molar-refractivity contribution is -0.120. The van der Waals surface area contributed by atoms with Gasteiger partial charge in [0.15, 0.2) is 0 Å². The second-order valence-electron chi connectivity index (χ2n) is 3.02. The molecule has 1 rings (SSSR count). The molecule has 0 atom stereocenters. The number of carbonyl (C=O) groups is 1. The number of ether oxygens (including phenoxy) is 2. The summed E-state index contributed by atoms with van der Waals surface area (Å²) in [6, 6.07) is 7.11. The number of methoxy groups -OCH3 is 1. The molecule has 88 valence electrons. The van der Waals surface area contributed by atoms with Gasteiger partial charge in [-0.15, -0.1) is 0 Å². The standard InChI is InChI=1S/C11H15NO4/c1-15-10-5-3-2-4-9(10)12-11(14)8-16-7-6-13/h2-5,13H,6-8H2,1H3,(H,12,14). The largest absolute Gasteiger partial charge is 0.495 e. The van der Waals surface area contributed by atoms with Gasteiger partial charge in [-0.3, -0.25) is 4.79 Å². The number of para-hydroxylation sites is 2. The highest BCUT2D eigenvalue weighted by Crippen LogP contribution is 2.22. The quantitative estimate of drug-likeness (QED) is 0.697. The molecule has 1 amide bonds. The van der Waals surface area contributed by atoms with E-state index in [1.807, 2.05) is 6.07 Å². The van der Waals surface area contributed by atoms with Gasteiger partial charge in [-0.05, 0) is 12.1 Å². The maximum atomic E-state index is 11.4. The van der Waals surface area contributed by atoms with E-state index in [2.05, 4.69) is 5.32 Å². The molecule has 0 aliphatic carbocycles. The zero-order valence-electron chi connectivity index (χ0n) is 9.10. The van der Waals surface area contributed by atoms with Crippen LogP contribution < -0.4 is 10.1 Å². The Labute approximate surface area is 94.0 Å². The van der Waals surface area contributed by atoms with Crippen LogP contribution in [0.5, 0.6) is 5.75 Å². The Morgan fingerprint density at radius 1 is 1.44 bits per heavy atom. The Morgan fingerprint density at radius 2 is 2.19 bits per heavy atom. The van der Waals surface area contributed by atoms with Crippen LogP contribution in [0.2, 0.25) is 0 Å². The summed E-state index contributed by atoms with van der Waals surface area (Å²) in [5, 5.41) is 11.1. The van der Waals surface area contributed by atoms with Crippen LogP contribution in [0.3, 0.4) is 0 Å². The summed E-state index contributed by atoms with van der Waals surface area (Å²) in [6.07, 6.45) is 0. The van der Waals surface area contributed by atoms with Crippen molar-refractivity contribution in [2.75, 3.05) is 32.2 Å². The first-order chi connectivity index (χ1) is 7.77. The molecule has 0 fully saturated rings. The van der Waals surface area contributed by atoms with Crippen LogP contribution in [0.25, 0.3) is 0 Å². The first-order valence-corrected chi connectivity index (χ1v) is 4.89. The highest BCUT2D eigenvalue weighted by molar-refractivity contribution is 5.93. The predicted molar refractivity (Wildman–Crippen MR) is 59.5 cm³/mol. The predicted octanol–water partition coefficient (Wildman–Crippen LogP) is 0.643. The third-order valence-corrected chi connectivity index (χ3v) is 1.85. The van der Waals surface area contributed by atoms with E-state index in [1.54, 1.807) is 18.2 Å². The third kappa shape index (κ3) is 3.88. The summed E-state index contributed by atoms with van der Waals surface area (Å²) >= 11 is 0. The number of carbonyl (C=O) groups excluding carboxylic acids is 1. The topological polar surface area (TPSA) is 67.8 Å². The fraction of sp³-hybridized carbons (Fsp3) is 0.364. The number of hydrogen-bond donors (Lipinski definition) is 2. The van der Waals surface area contributed by atoms with E-state index >= 15 is 0 Å². The molecule has 0 unspecified atom stereocenters. The van der Waals surface area contributed by atoms with Gasteiger partial charge in [0.2, 0.25) is 5.91 Å². The zero-order chi connectivity index (χ0) is 11.8. The van der Waals surface area contributed by atoms with Gasteiger partial charge < -0.3 is 19.9 Å². The summed E-state index contributed by atoms with van der Waals surface area (Å²) in [4.78, 5) is 11.4. The molecule has 16 heavy (non-hydrogen) atoms. The van der Waals surface area contributed by atoms with Crippen LogP contribution in [0.1, 0.15) is 0 Å². The Balaban J connectivity index is 2.49. The van der Waals surface area contributed by atoms with Crippen LogP contribution in [0.15, 0.2) is 24.3 Å². The lowest BCUT2D eigenvalue weighted by Gasteiger charge is -2.09. The summed E-state index contributed by atoms with van der Waals surface area (Å²) in [5.41, 5.74) is 0.600. The molecule has 0 spiro atoms. The number of anilines is 1. The number of aliphatic hydroxyl groups is 1. The zero-order valence-corrected chi connectivity index (χ0v) is 9.10. The van der Waals surface area contributed by atoms with Gasteiger partial charge in [0.25, 0.3) is 0 Å². The molecule has 1 aromatic carbocycles. The molecule has 0 aromatic heterocycles. The van der Waals surface area contributed by atoms with Crippen molar-refractivity contribution in [2.24, 2.45) is 0 Å². The minimum absolute atomic E-state index is 0.0847. The number of amides is 1. The summed E-state index contributed by atoms with van der Waals surface area (Å²) in [6.45, 7) is -0.0279. The van der Waals surface area contributed by atoms with Crippen molar-refractivity contribution in [3.05, 3.63) is 24.3 Å². The molecular weight excluding hydrogens is 210 g/mol. The van der Waals surface area contributed by atoms with Crippen LogP contribution in [-0.4, -0.2) is 37.9 Å². The minimum atomic E-state index is -0.280. The maximum absolute atomic E-state index is 11.4. The second kappa shape index (κ2) is 6.81. The lowest BCUT2D eigenvalue weighted by Crippen LogP contribution is -2.19. The van der Waals surface area contributed by atoms with Crippen molar-refractivity contribution in [3.8, 4) is 5.75 Å². The monoisotopic (exact) mass is 225 g/mol. The van der Waals surface area contributed by atoms with E-state index in [0.717, 1.165) is 0 Å². The smallest absolute Gasteiger partial charge is 0.250 e. The van der Waals surface area contributed by atoms with E-state index in [4.69, 9.17) is 14.6 Å². The number of nitrogens with one attached hydrogen (secondary N) is 1. The van der Waals surface area contributed by atoms with Crippen molar-refractivity contribution in [1.82, 2.24) is 0 Å². The van der Waals surface area contributed by atoms with E-state index in [0.29, 0.717) is 11.4 Å². The molecule has 0 bridgehead atoms. The molecule has 0 radical (unpaired) electrons. The van der Waals surface area contributed by atoms with Crippen LogP contribution >= 0.6 is 0 Å². The molecule has 0 saturated carbocycles. The molecule has 0 aliphatic rings. The fourth-order valence-electron chi connectivity index (χ4n) is 1.16. The van der Waals surface area contributed by atoms with Crippen LogP contribution in [0.4, 0.5) is 5.69 Å². The molecule has 5 heteroatoms. The SMILES string of the molecule is COc1ccccc1NC(=O)COCCO. The Hall–Kier alpha value is -1.59. The van der Waals surface area contributed by atoms with Crippen molar-refractivity contribution < 1.29 is 19.4 Å². The maximum Gasteiger partial charge on any atom is 0.250 e. The van der Waals surface area contributed by atoms with Crippen molar-refractivity contribution in [1.29, 1.82) is 0 Å². The molecule has 2 N–H and O–H groups in total. The van der Waals surface area contributed by atoms with Gasteiger partial charge >= 0.3 is 0 Å². The lowest BCUT2D eigenvalue weighted by atomic mass is 10.3. The van der Waals surface area contributed by atoms with Gasteiger partial charge in [-0.2, -0.15) is 0 Å². The first-order valence-electron chi connectivity index (χ1n) is 4.89. The average Bonchev–Trinajstić information content (AvgIpc) is 2.30. The second-order valence-corrected chi connectivity index (χ2v) is 3.02. The number of rotatable bonds is 6. The fourth-order valence-corrected chi connectivity index (χ4v) is 1.16. The van der Waals surface area contributed by atoms with E-state index < -0.39 is 0 Å². The normalized spacial score (nSPS) is 9.88. The highest BCUT2D eigenvalue weighted by Gasteiger charge is 2.06. The van der Waals surface area contributed by atoms with E-state index in [1.165, 1.54) is 7.11 Å². The van der Waals surface area contributed by atoms with Crippen LogP contribution in [-0.2, 0) is 9.53 Å². The Bertz CT molecular complexity index is 341. The van der Waals surface area contributed by atoms with Crippen molar-refractivity contribution in [3.63, 3.8) is 0 Å². The molecule has 0 heterocycles. The molecule has 0 aliphatic heterocycles. The molecule has 0 saturated heterocycles. The molecular formula is C11H15NO4. The summed E-state index contributed by atoms with van der Waals surface area (Å²) in [5.74, 6) is 0.316. The van der Waals surface area contributed by atoms with Gasteiger partial charge in [0.1, 0.15) is 12.4 Å². The Morgan fingerprint density at radius 3 is 2.88 bits per heavy atom. The van der Waals surface area contributed by atoms with Gasteiger partial charge in [-0.25, -0.2) is 0 Å². The van der Waals surface area contributed by atoms with E-state index in [9.17, 15) is 4.79 Å². The summed E-state index contributed by atoms with van der Waals surface area (Å²) in [7, 11) is 1.53. The molecule has 5 nitrogen and oxygen atoms in total. The third-order valence-electron chi connectivity index (χ3n) is 1.85. The van der Waals surface area contributed by atoms with Crippen LogP contribution in [0, 0.1) is 0 Å². The highest BCUT2D eigenvalue weighted by atomic mass is 16.5. The van der Waals surface area contributed by atoms with Crippen molar-refractivity contribution >= 4 is 11.6 Å². The minimum Gasteiger partial charge on any atom is -0.495 e. The van der Waals surface area contributed by atoms with Crippen molar-refractivity contribution in [2.45, 2.75) is 0 Å². The van der Waals surface area contributed by atoms with Gasteiger partial charge in [0, 0.05) is 0 Å². The Kier molecular flexibility index (Phi) is 5.31. The van der Waals surface area contributed by atoms with Gasteiger partial charge in [0.05, 0.1) is 26.0 Å². The van der Waals surface area contributed by atoms with E-state index in [-0.39, 0.29) is 25.7 Å². The number of benzene rings is 1.